The number of ether oxygens (including phenoxy) is 1. The Kier molecular flexibility index (Phi) is 5.87. The minimum absolute atomic E-state index is 0.294. The molecule has 1 aromatic heterocycles. The molecule has 2 unspecified atom stereocenters. The summed E-state index contributed by atoms with van der Waals surface area (Å²) in [6.07, 6.45) is -0.0704. The summed E-state index contributed by atoms with van der Waals surface area (Å²) in [4.78, 5) is 26.0. The highest BCUT2D eigenvalue weighted by molar-refractivity contribution is 6.73. The lowest BCUT2D eigenvalue weighted by Gasteiger charge is -2.47. The Labute approximate surface area is 144 Å². The Hall–Kier alpha value is -1.60. The molecule has 1 aliphatic heterocycles. The smallest absolute Gasteiger partial charge is 0.417 e. The molecule has 0 aliphatic carbocycles. The molecule has 2 atom stereocenters. The molecule has 7 heteroatoms. The SMILES string of the molecule is CC[Si](CC)(CC)OC1C(=O)N(C(=O)OC(C)C)C1c1ccco1. The number of furan rings is 1. The quantitative estimate of drug-likeness (QED) is 0.545. The van der Waals surface area contributed by atoms with Crippen LogP contribution in [0.4, 0.5) is 4.79 Å². The number of carbonyl (C=O) groups excluding carboxylic acids is 2. The summed E-state index contributed by atoms with van der Waals surface area (Å²) in [6.45, 7) is 9.82. The number of likely N-dealkylation sites (tertiary alicyclic amines) is 1. The minimum atomic E-state index is -1.98. The molecule has 1 aliphatic rings. The zero-order valence-corrected chi connectivity index (χ0v) is 16.1. The molecule has 0 radical (unpaired) electrons. The van der Waals surface area contributed by atoms with Crippen molar-refractivity contribution in [1.29, 1.82) is 0 Å². The molecule has 0 aromatic carbocycles. The average molecular weight is 353 g/mol. The lowest BCUT2D eigenvalue weighted by atomic mass is 9.96. The molecule has 24 heavy (non-hydrogen) atoms. The molecule has 0 N–H and O–H groups in total. The van der Waals surface area contributed by atoms with Gasteiger partial charge in [-0.25, -0.2) is 9.69 Å². The van der Waals surface area contributed by atoms with E-state index in [-0.39, 0.29) is 12.0 Å². The van der Waals surface area contributed by atoms with Gasteiger partial charge < -0.3 is 13.6 Å². The van der Waals surface area contributed by atoms with Gasteiger partial charge in [0.05, 0.1) is 12.4 Å². The lowest BCUT2D eigenvalue weighted by molar-refractivity contribution is -0.162. The minimum Gasteiger partial charge on any atom is -0.467 e. The van der Waals surface area contributed by atoms with Crippen LogP contribution >= 0.6 is 0 Å². The molecule has 0 bridgehead atoms. The largest absolute Gasteiger partial charge is 0.467 e. The number of carbonyl (C=O) groups is 2. The number of nitrogens with zero attached hydrogens (tertiary/aromatic N) is 1. The second-order valence-corrected chi connectivity index (χ2v) is 11.1. The normalized spacial score (nSPS) is 21.1. The molecular weight excluding hydrogens is 326 g/mol. The van der Waals surface area contributed by atoms with E-state index in [2.05, 4.69) is 20.8 Å². The van der Waals surface area contributed by atoms with Gasteiger partial charge in [-0.1, -0.05) is 20.8 Å². The van der Waals surface area contributed by atoms with Gasteiger partial charge >= 0.3 is 6.09 Å². The monoisotopic (exact) mass is 353 g/mol. The third kappa shape index (κ3) is 3.42. The van der Waals surface area contributed by atoms with E-state index < -0.39 is 26.6 Å². The van der Waals surface area contributed by atoms with Gasteiger partial charge in [0, 0.05) is 0 Å². The molecule has 0 saturated carbocycles. The van der Waals surface area contributed by atoms with Crippen LogP contribution in [0.25, 0.3) is 0 Å². The van der Waals surface area contributed by atoms with E-state index in [1.54, 1.807) is 26.0 Å². The molecule has 1 fully saturated rings. The summed E-state index contributed by atoms with van der Waals surface area (Å²) >= 11 is 0. The lowest BCUT2D eigenvalue weighted by Crippen LogP contribution is -2.64. The molecule has 2 amide bonds. The maximum Gasteiger partial charge on any atom is 0.417 e. The van der Waals surface area contributed by atoms with E-state index in [4.69, 9.17) is 13.6 Å². The van der Waals surface area contributed by atoms with Gasteiger partial charge in [-0.05, 0) is 44.1 Å². The van der Waals surface area contributed by atoms with E-state index in [1.165, 1.54) is 6.26 Å². The molecule has 1 aromatic rings. The molecule has 1 saturated heterocycles. The summed E-state index contributed by atoms with van der Waals surface area (Å²) in [5, 5.41) is 0. The van der Waals surface area contributed by atoms with Gasteiger partial charge in [0.1, 0.15) is 11.8 Å². The van der Waals surface area contributed by atoms with E-state index >= 15 is 0 Å². The van der Waals surface area contributed by atoms with Crippen molar-refractivity contribution in [3.63, 3.8) is 0 Å². The molecule has 0 spiro atoms. The van der Waals surface area contributed by atoms with Crippen LogP contribution in [0.15, 0.2) is 22.8 Å². The highest BCUT2D eigenvalue weighted by Crippen LogP contribution is 2.41. The van der Waals surface area contributed by atoms with Crippen LogP contribution in [0.3, 0.4) is 0 Å². The fraction of sp³-hybridized carbons (Fsp3) is 0.647. The number of rotatable bonds is 7. The number of amides is 2. The van der Waals surface area contributed by atoms with E-state index in [0.717, 1.165) is 23.0 Å². The zero-order valence-electron chi connectivity index (χ0n) is 15.1. The molecule has 2 heterocycles. The molecule has 2 rings (SSSR count). The Balaban J connectivity index is 2.25. The molecule has 6 nitrogen and oxygen atoms in total. The Bertz CT molecular complexity index is 559. The van der Waals surface area contributed by atoms with Crippen molar-refractivity contribution in [2.75, 3.05) is 0 Å². The van der Waals surface area contributed by atoms with E-state index in [1.807, 2.05) is 0 Å². The predicted molar refractivity (Wildman–Crippen MR) is 92.0 cm³/mol. The predicted octanol–water partition coefficient (Wildman–Crippen LogP) is 4.10. The van der Waals surface area contributed by atoms with Crippen LogP contribution in [0, 0.1) is 0 Å². The Morgan fingerprint density at radius 3 is 2.38 bits per heavy atom. The second kappa shape index (κ2) is 7.52. The first-order valence-electron chi connectivity index (χ1n) is 8.64. The van der Waals surface area contributed by atoms with Crippen LogP contribution in [-0.4, -0.2) is 37.4 Å². The van der Waals surface area contributed by atoms with Crippen molar-refractivity contribution in [2.45, 2.75) is 71.0 Å². The summed E-state index contributed by atoms with van der Waals surface area (Å²) in [5.74, 6) is 0.209. The summed E-state index contributed by atoms with van der Waals surface area (Å²) < 4.78 is 17.0. The highest BCUT2D eigenvalue weighted by atomic mass is 28.4. The fourth-order valence-electron chi connectivity index (χ4n) is 3.04. The zero-order chi connectivity index (χ0) is 17.9. The maximum atomic E-state index is 12.6. The van der Waals surface area contributed by atoms with Crippen LogP contribution in [0.1, 0.15) is 46.4 Å². The van der Waals surface area contributed by atoms with Crippen molar-refractivity contribution < 1.29 is 23.2 Å². The molecular formula is C17H27NO5Si. The Morgan fingerprint density at radius 1 is 1.29 bits per heavy atom. The first kappa shape index (κ1) is 18.7. The van der Waals surface area contributed by atoms with E-state index in [0.29, 0.717) is 5.76 Å². The summed E-state index contributed by atoms with van der Waals surface area (Å²) in [7, 11) is -1.98. The van der Waals surface area contributed by atoms with Crippen molar-refractivity contribution in [2.24, 2.45) is 0 Å². The van der Waals surface area contributed by atoms with Crippen LogP contribution < -0.4 is 0 Å². The number of imide groups is 1. The van der Waals surface area contributed by atoms with Crippen LogP contribution in [0.2, 0.25) is 18.1 Å². The van der Waals surface area contributed by atoms with Gasteiger partial charge in [-0.2, -0.15) is 0 Å². The third-order valence-electron chi connectivity index (χ3n) is 4.72. The van der Waals surface area contributed by atoms with Gasteiger partial charge in [-0.3, -0.25) is 4.79 Å². The first-order chi connectivity index (χ1) is 11.4. The summed E-state index contributed by atoms with van der Waals surface area (Å²) in [6, 6.07) is 5.76. The number of hydrogen-bond donors (Lipinski definition) is 0. The second-order valence-electron chi connectivity index (χ2n) is 6.38. The Morgan fingerprint density at radius 2 is 1.92 bits per heavy atom. The van der Waals surface area contributed by atoms with Crippen molar-refractivity contribution in [3.8, 4) is 0 Å². The van der Waals surface area contributed by atoms with Crippen LogP contribution in [-0.2, 0) is 14.0 Å². The standard InChI is InChI=1S/C17H27NO5Si/c1-6-24(7-2,8-3)23-15-14(13-10-9-11-21-13)18(16(15)19)17(20)22-12(4)5/h9-12,14-15H,6-8H2,1-5H3. The van der Waals surface area contributed by atoms with Crippen molar-refractivity contribution in [1.82, 2.24) is 4.90 Å². The fourth-order valence-corrected chi connectivity index (χ4v) is 5.81. The van der Waals surface area contributed by atoms with Crippen molar-refractivity contribution >= 4 is 20.3 Å². The maximum absolute atomic E-state index is 12.6. The molecule has 134 valence electrons. The van der Waals surface area contributed by atoms with Crippen molar-refractivity contribution in [3.05, 3.63) is 24.2 Å². The van der Waals surface area contributed by atoms with Gasteiger partial charge in [-0.15, -0.1) is 0 Å². The van der Waals surface area contributed by atoms with Gasteiger partial charge in [0.25, 0.3) is 5.91 Å². The summed E-state index contributed by atoms with van der Waals surface area (Å²) in [5.41, 5.74) is 0. The first-order valence-corrected chi connectivity index (χ1v) is 11.2. The average Bonchev–Trinajstić information content (AvgIpc) is 3.06. The van der Waals surface area contributed by atoms with Gasteiger partial charge in [0.15, 0.2) is 14.4 Å². The number of β-lactam (4-membered cyclic amide) rings is 1. The van der Waals surface area contributed by atoms with Crippen LogP contribution in [0.5, 0.6) is 0 Å². The number of hydrogen-bond acceptors (Lipinski definition) is 5. The highest BCUT2D eigenvalue weighted by Gasteiger charge is 2.56. The topological polar surface area (TPSA) is 69.0 Å². The van der Waals surface area contributed by atoms with E-state index in [9.17, 15) is 9.59 Å². The van der Waals surface area contributed by atoms with Gasteiger partial charge in [0.2, 0.25) is 0 Å². The third-order valence-corrected chi connectivity index (χ3v) is 9.34.